The van der Waals surface area contributed by atoms with Crippen molar-refractivity contribution in [2.24, 2.45) is 5.92 Å². The van der Waals surface area contributed by atoms with Crippen LogP contribution in [0.4, 0.5) is 5.69 Å². The summed E-state index contributed by atoms with van der Waals surface area (Å²) in [5.41, 5.74) is 1.98. The summed E-state index contributed by atoms with van der Waals surface area (Å²) in [5, 5.41) is 0. The molecule has 10 heteroatoms. The van der Waals surface area contributed by atoms with Gasteiger partial charge in [-0.15, -0.1) is 0 Å². The van der Waals surface area contributed by atoms with Gasteiger partial charge in [0.2, 0.25) is 10.0 Å². The van der Waals surface area contributed by atoms with Crippen molar-refractivity contribution >= 4 is 27.6 Å². The molecule has 0 radical (unpaired) electrons. The van der Waals surface area contributed by atoms with Gasteiger partial charge in [0.1, 0.15) is 5.75 Å². The monoisotopic (exact) mass is 529 g/mol. The quantitative estimate of drug-likeness (QED) is 0.485. The largest absolute Gasteiger partial charge is 0.495 e. The van der Waals surface area contributed by atoms with Crippen LogP contribution in [0.2, 0.25) is 0 Å². The SMILES string of the molecule is COc1ccc(S(=O)(=O)N2CCC(Cc3ccccc3)CC2)cc1N1CCN(C(=O)COC(C)=O)CC1. The first-order chi connectivity index (χ1) is 17.8. The van der Waals surface area contributed by atoms with Crippen molar-refractivity contribution in [3.63, 3.8) is 0 Å². The summed E-state index contributed by atoms with van der Waals surface area (Å²) in [6, 6.07) is 15.3. The van der Waals surface area contributed by atoms with E-state index in [9.17, 15) is 18.0 Å². The second-order valence-corrected chi connectivity index (χ2v) is 11.5. The fourth-order valence-electron chi connectivity index (χ4n) is 4.98. The maximum atomic E-state index is 13.5. The molecular formula is C27H35N3O6S. The van der Waals surface area contributed by atoms with E-state index in [1.807, 2.05) is 23.1 Å². The average Bonchev–Trinajstić information content (AvgIpc) is 2.92. The topological polar surface area (TPSA) is 96.5 Å². The fourth-order valence-corrected chi connectivity index (χ4v) is 6.47. The highest BCUT2D eigenvalue weighted by Crippen LogP contribution is 2.34. The molecule has 0 aromatic heterocycles. The molecule has 0 aliphatic carbocycles. The highest BCUT2D eigenvalue weighted by atomic mass is 32.2. The molecule has 2 aromatic rings. The van der Waals surface area contributed by atoms with E-state index in [1.54, 1.807) is 34.5 Å². The van der Waals surface area contributed by atoms with E-state index in [0.717, 1.165) is 19.3 Å². The van der Waals surface area contributed by atoms with Gasteiger partial charge in [0.05, 0.1) is 17.7 Å². The number of nitrogens with zero attached hydrogens (tertiary/aromatic N) is 3. The second-order valence-electron chi connectivity index (χ2n) is 9.52. The van der Waals surface area contributed by atoms with E-state index >= 15 is 0 Å². The molecule has 0 spiro atoms. The van der Waals surface area contributed by atoms with E-state index in [2.05, 4.69) is 12.1 Å². The van der Waals surface area contributed by atoms with Crippen LogP contribution in [0.1, 0.15) is 25.3 Å². The standard InChI is InChI=1S/C27H35N3O6S/c1-21(31)36-20-27(32)29-16-14-28(15-17-29)25-19-24(8-9-26(25)35-2)37(33,34)30-12-10-23(11-13-30)18-22-6-4-3-5-7-22/h3-9,19,23H,10-18,20H2,1-2H3. The number of piperazine rings is 1. The van der Waals surface area contributed by atoms with Crippen molar-refractivity contribution in [3.8, 4) is 5.75 Å². The summed E-state index contributed by atoms with van der Waals surface area (Å²) in [5.74, 6) is 0.323. The normalized spacial score (nSPS) is 17.5. The maximum Gasteiger partial charge on any atom is 0.303 e. The van der Waals surface area contributed by atoms with Gasteiger partial charge < -0.3 is 19.3 Å². The van der Waals surface area contributed by atoms with E-state index in [-0.39, 0.29) is 17.4 Å². The van der Waals surface area contributed by atoms with Gasteiger partial charge in [0.25, 0.3) is 5.91 Å². The molecule has 2 fully saturated rings. The number of hydrogen-bond acceptors (Lipinski definition) is 7. The van der Waals surface area contributed by atoms with Gasteiger partial charge in [0, 0.05) is 46.2 Å². The lowest BCUT2D eigenvalue weighted by atomic mass is 9.91. The zero-order chi connectivity index (χ0) is 26.4. The summed E-state index contributed by atoms with van der Waals surface area (Å²) >= 11 is 0. The summed E-state index contributed by atoms with van der Waals surface area (Å²) in [6.07, 6.45) is 2.64. The number of sulfonamides is 1. The molecule has 2 aliphatic heterocycles. The molecule has 0 N–H and O–H groups in total. The van der Waals surface area contributed by atoms with E-state index in [0.29, 0.717) is 56.6 Å². The number of ether oxygens (including phenoxy) is 2. The molecule has 2 heterocycles. The lowest BCUT2D eigenvalue weighted by Gasteiger charge is -2.37. The predicted molar refractivity (Wildman–Crippen MR) is 140 cm³/mol. The molecule has 37 heavy (non-hydrogen) atoms. The zero-order valence-corrected chi connectivity index (χ0v) is 22.3. The molecule has 0 saturated carbocycles. The second kappa shape index (κ2) is 12.0. The van der Waals surface area contributed by atoms with Crippen molar-refractivity contribution in [2.45, 2.75) is 31.1 Å². The van der Waals surface area contributed by atoms with Crippen molar-refractivity contribution < 1.29 is 27.5 Å². The first-order valence-electron chi connectivity index (χ1n) is 12.7. The minimum absolute atomic E-state index is 0.242. The Hall–Kier alpha value is -3.11. The number of piperidine rings is 1. The van der Waals surface area contributed by atoms with Crippen LogP contribution in [0.25, 0.3) is 0 Å². The Kier molecular flexibility index (Phi) is 8.71. The maximum absolute atomic E-state index is 13.5. The number of esters is 1. The van der Waals surface area contributed by atoms with Crippen LogP contribution in [0.15, 0.2) is 53.4 Å². The number of hydrogen-bond donors (Lipinski definition) is 0. The Morgan fingerprint density at radius 3 is 2.24 bits per heavy atom. The van der Waals surface area contributed by atoms with Crippen molar-refractivity contribution in [2.75, 3.05) is 57.9 Å². The highest BCUT2D eigenvalue weighted by molar-refractivity contribution is 7.89. The summed E-state index contributed by atoms with van der Waals surface area (Å²) in [4.78, 5) is 27.2. The predicted octanol–water partition coefficient (Wildman–Crippen LogP) is 2.55. The number of rotatable bonds is 8. The average molecular weight is 530 g/mol. The van der Waals surface area contributed by atoms with Gasteiger partial charge in [-0.2, -0.15) is 4.31 Å². The molecule has 2 saturated heterocycles. The lowest BCUT2D eigenvalue weighted by molar-refractivity contribution is -0.150. The minimum Gasteiger partial charge on any atom is -0.495 e. The Bertz CT molecular complexity index is 1190. The van der Waals surface area contributed by atoms with Gasteiger partial charge in [-0.1, -0.05) is 30.3 Å². The first kappa shape index (κ1) is 26.9. The molecule has 1 amide bonds. The van der Waals surface area contributed by atoms with Crippen LogP contribution in [0, 0.1) is 5.92 Å². The third-order valence-electron chi connectivity index (χ3n) is 7.10. The third kappa shape index (κ3) is 6.61. The fraction of sp³-hybridized carbons (Fsp3) is 0.481. The van der Waals surface area contributed by atoms with Crippen LogP contribution < -0.4 is 9.64 Å². The summed E-state index contributed by atoms with van der Waals surface area (Å²) < 4.78 is 39.0. The molecule has 2 aromatic carbocycles. The number of anilines is 1. The van der Waals surface area contributed by atoms with Crippen LogP contribution in [-0.2, 0) is 30.8 Å². The summed E-state index contributed by atoms with van der Waals surface area (Å²) in [6.45, 7) is 3.91. The minimum atomic E-state index is -3.65. The molecule has 0 bridgehead atoms. The Balaban J connectivity index is 1.40. The highest BCUT2D eigenvalue weighted by Gasteiger charge is 2.31. The van der Waals surface area contributed by atoms with Gasteiger partial charge >= 0.3 is 5.97 Å². The number of amides is 1. The van der Waals surface area contributed by atoms with E-state index in [4.69, 9.17) is 9.47 Å². The van der Waals surface area contributed by atoms with Gasteiger partial charge in [-0.05, 0) is 48.9 Å². The van der Waals surface area contributed by atoms with Gasteiger partial charge in [-0.25, -0.2) is 8.42 Å². The van der Waals surface area contributed by atoms with E-state index < -0.39 is 16.0 Å². The van der Waals surface area contributed by atoms with E-state index in [1.165, 1.54) is 12.5 Å². The Labute approximate surface area is 219 Å². The molecular weight excluding hydrogens is 494 g/mol. The molecule has 200 valence electrons. The smallest absolute Gasteiger partial charge is 0.303 e. The zero-order valence-electron chi connectivity index (χ0n) is 21.5. The van der Waals surface area contributed by atoms with Crippen molar-refractivity contribution in [1.82, 2.24) is 9.21 Å². The van der Waals surface area contributed by atoms with Crippen molar-refractivity contribution in [3.05, 3.63) is 54.1 Å². The lowest BCUT2D eigenvalue weighted by Crippen LogP contribution is -2.50. The summed E-state index contributed by atoms with van der Waals surface area (Å²) in [7, 11) is -2.09. The van der Waals surface area contributed by atoms with Crippen LogP contribution >= 0.6 is 0 Å². The number of methoxy groups -OCH3 is 1. The van der Waals surface area contributed by atoms with Crippen LogP contribution in [0.5, 0.6) is 5.75 Å². The molecule has 4 rings (SSSR count). The number of carbonyl (C=O) groups is 2. The number of carbonyl (C=O) groups excluding carboxylic acids is 2. The molecule has 2 aliphatic rings. The van der Waals surface area contributed by atoms with Crippen molar-refractivity contribution in [1.29, 1.82) is 0 Å². The first-order valence-corrected chi connectivity index (χ1v) is 14.1. The molecule has 0 unspecified atom stereocenters. The Morgan fingerprint density at radius 2 is 1.62 bits per heavy atom. The molecule has 9 nitrogen and oxygen atoms in total. The third-order valence-corrected chi connectivity index (χ3v) is 9.00. The number of benzene rings is 2. The van der Waals surface area contributed by atoms with Gasteiger partial charge in [-0.3, -0.25) is 9.59 Å². The Morgan fingerprint density at radius 1 is 0.946 bits per heavy atom. The van der Waals surface area contributed by atoms with Crippen LogP contribution in [-0.4, -0.2) is 82.5 Å². The van der Waals surface area contributed by atoms with Gasteiger partial charge in [0.15, 0.2) is 6.61 Å². The molecule has 0 atom stereocenters. The van der Waals surface area contributed by atoms with Crippen LogP contribution in [0.3, 0.4) is 0 Å².